The van der Waals surface area contributed by atoms with Crippen LogP contribution in [0.4, 0.5) is 10.2 Å². The smallest absolute Gasteiger partial charge is 0.318 e. The Kier molecular flexibility index (Phi) is 7.86. The zero-order valence-corrected chi connectivity index (χ0v) is 21.7. The fourth-order valence-electron chi connectivity index (χ4n) is 5.57. The zero-order chi connectivity index (χ0) is 26.6. The van der Waals surface area contributed by atoms with Gasteiger partial charge in [0, 0.05) is 43.2 Å². The molecule has 0 bridgehead atoms. The van der Waals surface area contributed by atoms with Gasteiger partial charge in [0.15, 0.2) is 0 Å². The highest BCUT2D eigenvalue weighted by Gasteiger charge is 2.35. The number of halogens is 1. The van der Waals surface area contributed by atoms with E-state index in [1.54, 1.807) is 23.1 Å². The van der Waals surface area contributed by atoms with Crippen molar-refractivity contribution in [3.05, 3.63) is 71.0 Å². The van der Waals surface area contributed by atoms with Crippen molar-refractivity contribution < 1.29 is 18.7 Å². The summed E-state index contributed by atoms with van der Waals surface area (Å²) < 4.78 is 26.8. The summed E-state index contributed by atoms with van der Waals surface area (Å²) in [5.41, 5.74) is 2.12. The number of fused-ring (bicyclic) bond motifs is 1. The summed E-state index contributed by atoms with van der Waals surface area (Å²) in [5.74, 6) is 0.210. The van der Waals surface area contributed by atoms with Crippen molar-refractivity contribution in [2.45, 2.75) is 44.1 Å². The lowest BCUT2D eigenvalue weighted by Gasteiger charge is -2.40. The molecule has 2 aromatic rings. The van der Waals surface area contributed by atoms with E-state index in [0.29, 0.717) is 56.1 Å². The number of likely N-dealkylation sites (tertiary alicyclic amines) is 1. The zero-order valence-electron chi connectivity index (χ0n) is 21.7. The molecular weight excluding hydrogens is 487 g/mol. The molecule has 0 spiro atoms. The third-order valence-electron chi connectivity index (χ3n) is 7.73. The molecule has 1 unspecified atom stereocenters. The fraction of sp³-hybridized carbons (Fsp3) is 0.500. The number of benzene rings is 1. The average Bonchev–Trinajstić information content (AvgIpc) is 3.35. The Balaban J connectivity index is 1.45. The van der Waals surface area contributed by atoms with Crippen LogP contribution < -0.4 is 9.64 Å². The summed E-state index contributed by atoms with van der Waals surface area (Å²) in [6.45, 7) is 14.4. The second-order valence-corrected chi connectivity index (χ2v) is 10.0. The summed E-state index contributed by atoms with van der Waals surface area (Å²) in [6, 6.07) is 6.96. The highest BCUT2D eigenvalue weighted by atomic mass is 19.1. The lowest BCUT2D eigenvalue weighted by molar-refractivity contribution is -0.128. The SMILES string of the molecule is [C-]#[N+]C[C@H]1CN(c2nc(OC[C@@H]3CCCN3C)nc3c2COC(c2ccccc2F)C3)CCN1C(=O)C=C. The highest BCUT2D eigenvalue weighted by molar-refractivity contribution is 5.87. The molecule has 0 aliphatic carbocycles. The predicted octanol–water partition coefficient (Wildman–Crippen LogP) is 3.03. The Morgan fingerprint density at radius 3 is 2.87 bits per heavy atom. The quantitative estimate of drug-likeness (QED) is 0.410. The number of carbonyl (C=O) groups is 1. The monoisotopic (exact) mass is 520 g/mol. The van der Waals surface area contributed by atoms with E-state index < -0.39 is 6.10 Å². The second-order valence-electron chi connectivity index (χ2n) is 10.0. The van der Waals surface area contributed by atoms with Crippen LogP contribution in [0.15, 0.2) is 36.9 Å². The van der Waals surface area contributed by atoms with Crippen LogP contribution in [0.5, 0.6) is 6.01 Å². The van der Waals surface area contributed by atoms with Crippen molar-refractivity contribution in [1.29, 1.82) is 0 Å². The van der Waals surface area contributed by atoms with Gasteiger partial charge in [-0.15, -0.1) is 0 Å². The molecule has 4 heterocycles. The Hall–Kier alpha value is -3.55. The molecule has 1 amide bonds. The van der Waals surface area contributed by atoms with Gasteiger partial charge >= 0.3 is 6.01 Å². The van der Waals surface area contributed by atoms with Crippen molar-refractivity contribution in [3.63, 3.8) is 0 Å². The van der Waals surface area contributed by atoms with Crippen LogP contribution >= 0.6 is 0 Å². The van der Waals surface area contributed by atoms with Crippen LogP contribution in [-0.4, -0.2) is 84.1 Å². The van der Waals surface area contributed by atoms with Gasteiger partial charge in [0.05, 0.1) is 18.4 Å². The molecule has 2 fully saturated rings. The third kappa shape index (κ3) is 5.35. The summed E-state index contributed by atoms with van der Waals surface area (Å²) in [5, 5.41) is 0. The Morgan fingerprint density at radius 2 is 2.13 bits per heavy atom. The van der Waals surface area contributed by atoms with Gasteiger partial charge in [-0.2, -0.15) is 9.97 Å². The van der Waals surface area contributed by atoms with Crippen LogP contribution in [0.3, 0.4) is 0 Å². The standard InChI is InChI=1S/C28H33FN6O3/c1-4-26(36)35-13-12-34(16-20(35)15-30-2)27-22-18-37-25(21-9-5-6-10-23(21)29)14-24(22)31-28(32-27)38-17-19-8-7-11-33(19)3/h4-6,9-10,19-20,25H,1,7-8,11-18H2,3H3/t19-,20-,25?/m0/s1. The van der Waals surface area contributed by atoms with E-state index in [0.717, 1.165) is 30.6 Å². The Bertz CT molecular complexity index is 1230. The van der Waals surface area contributed by atoms with Crippen LogP contribution in [0.2, 0.25) is 0 Å². The fourth-order valence-corrected chi connectivity index (χ4v) is 5.57. The average molecular weight is 521 g/mol. The first-order valence-electron chi connectivity index (χ1n) is 13.1. The Morgan fingerprint density at radius 1 is 1.29 bits per heavy atom. The minimum Gasteiger partial charge on any atom is -0.462 e. The first-order chi connectivity index (χ1) is 18.5. The van der Waals surface area contributed by atoms with E-state index in [2.05, 4.69) is 28.3 Å². The van der Waals surface area contributed by atoms with Gasteiger partial charge in [0.25, 0.3) is 0 Å². The van der Waals surface area contributed by atoms with E-state index in [4.69, 9.17) is 26.0 Å². The summed E-state index contributed by atoms with van der Waals surface area (Å²) >= 11 is 0. The topological polar surface area (TPSA) is 75.4 Å². The van der Waals surface area contributed by atoms with Gasteiger partial charge < -0.3 is 29.0 Å². The normalized spacial score (nSPS) is 23.6. The van der Waals surface area contributed by atoms with E-state index >= 15 is 0 Å². The van der Waals surface area contributed by atoms with Crippen molar-refractivity contribution in [1.82, 2.24) is 19.8 Å². The minimum atomic E-state index is -0.461. The maximum absolute atomic E-state index is 14.6. The number of rotatable bonds is 7. The van der Waals surface area contributed by atoms with Gasteiger partial charge in [-0.25, -0.2) is 11.0 Å². The summed E-state index contributed by atoms with van der Waals surface area (Å²) in [4.78, 5) is 31.6. The van der Waals surface area contributed by atoms with Crippen LogP contribution in [-0.2, 0) is 22.6 Å². The molecular formula is C28H33FN6O3. The second kappa shape index (κ2) is 11.5. The van der Waals surface area contributed by atoms with Crippen molar-refractivity contribution in [2.75, 3.05) is 51.3 Å². The third-order valence-corrected chi connectivity index (χ3v) is 7.73. The van der Waals surface area contributed by atoms with Gasteiger partial charge in [0.1, 0.15) is 24.3 Å². The number of aromatic nitrogens is 2. The van der Waals surface area contributed by atoms with Gasteiger partial charge in [0.2, 0.25) is 12.5 Å². The molecule has 2 saturated heterocycles. The molecule has 3 atom stereocenters. The first kappa shape index (κ1) is 26.1. The van der Waals surface area contributed by atoms with Crippen molar-refractivity contribution in [2.24, 2.45) is 0 Å². The number of hydrogen-bond acceptors (Lipinski definition) is 7. The number of nitrogens with zero attached hydrogens (tertiary/aromatic N) is 6. The van der Waals surface area contributed by atoms with Gasteiger partial charge in [-0.05, 0) is 38.6 Å². The molecule has 3 aliphatic rings. The van der Waals surface area contributed by atoms with Gasteiger partial charge in [-0.1, -0.05) is 24.8 Å². The largest absolute Gasteiger partial charge is 0.462 e. The molecule has 38 heavy (non-hydrogen) atoms. The van der Waals surface area contributed by atoms with E-state index in [-0.39, 0.29) is 30.9 Å². The van der Waals surface area contributed by atoms with Crippen LogP contribution in [0.25, 0.3) is 4.85 Å². The molecule has 0 saturated carbocycles. The van der Waals surface area contributed by atoms with Crippen molar-refractivity contribution in [3.8, 4) is 6.01 Å². The number of likely N-dealkylation sites (N-methyl/N-ethyl adjacent to an activating group) is 1. The number of ether oxygens (including phenoxy) is 2. The molecule has 10 heteroatoms. The molecule has 1 aromatic carbocycles. The molecule has 200 valence electrons. The van der Waals surface area contributed by atoms with E-state index in [1.165, 1.54) is 12.1 Å². The minimum absolute atomic E-state index is 0.177. The predicted molar refractivity (Wildman–Crippen MR) is 140 cm³/mol. The van der Waals surface area contributed by atoms with Crippen LogP contribution in [0, 0.1) is 12.4 Å². The number of anilines is 1. The number of piperazine rings is 1. The highest BCUT2D eigenvalue weighted by Crippen LogP contribution is 2.36. The number of carbonyl (C=O) groups excluding carboxylic acids is 1. The lowest BCUT2D eigenvalue weighted by atomic mass is 9.98. The van der Waals surface area contributed by atoms with Crippen molar-refractivity contribution >= 4 is 11.7 Å². The first-order valence-corrected chi connectivity index (χ1v) is 13.1. The molecule has 1 aromatic heterocycles. The number of amides is 1. The van der Waals surface area contributed by atoms with E-state index in [9.17, 15) is 9.18 Å². The number of hydrogen-bond donors (Lipinski definition) is 0. The van der Waals surface area contributed by atoms with E-state index in [1.807, 2.05) is 0 Å². The molecule has 0 N–H and O–H groups in total. The maximum atomic E-state index is 14.6. The lowest BCUT2D eigenvalue weighted by Crippen LogP contribution is -2.56. The maximum Gasteiger partial charge on any atom is 0.318 e. The summed E-state index contributed by atoms with van der Waals surface area (Å²) in [6.07, 6.45) is 3.43. The summed E-state index contributed by atoms with van der Waals surface area (Å²) in [7, 11) is 2.10. The molecule has 0 radical (unpaired) electrons. The molecule has 3 aliphatic heterocycles. The molecule has 9 nitrogen and oxygen atoms in total. The van der Waals surface area contributed by atoms with Gasteiger partial charge in [-0.3, -0.25) is 4.79 Å². The van der Waals surface area contributed by atoms with Crippen LogP contribution in [0.1, 0.15) is 35.8 Å². The Labute approximate surface area is 222 Å². The molecule has 5 rings (SSSR count).